The maximum absolute atomic E-state index is 2.47. The van der Waals surface area contributed by atoms with E-state index in [0.29, 0.717) is 0 Å². The molecule has 1 heterocycles. The standard InChI is InChI=1S/C13H19NS/c1-3-7-13(8-4-1)9-12-15-14-10-5-2-6-11-14/h1,3,7,9,12H,2,4-6,8,10-11H2/b12-9+. The predicted molar refractivity (Wildman–Crippen MR) is 68.6 cm³/mol. The van der Waals surface area contributed by atoms with Crippen LogP contribution in [0.5, 0.6) is 0 Å². The summed E-state index contributed by atoms with van der Waals surface area (Å²) in [5.74, 6) is 0. The lowest BCUT2D eigenvalue weighted by molar-refractivity contribution is 0.382. The molecule has 2 rings (SSSR count). The van der Waals surface area contributed by atoms with E-state index in [4.69, 9.17) is 0 Å². The predicted octanol–water partition coefficient (Wildman–Crippen LogP) is 3.91. The van der Waals surface area contributed by atoms with Gasteiger partial charge < -0.3 is 0 Å². The van der Waals surface area contributed by atoms with Crippen LogP contribution in [0.2, 0.25) is 0 Å². The zero-order chi connectivity index (χ0) is 10.3. The van der Waals surface area contributed by atoms with E-state index in [9.17, 15) is 0 Å². The van der Waals surface area contributed by atoms with Crippen LogP contribution in [-0.4, -0.2) is 17.4 Å². The van der Waals surface area contributed by atoms with Crippen molar-refractivity contribution in [1.29, 1.82) is 0 Å². The third-order valence-electron chi connectivity index (χ3n) is 2.85. The second-order valence-corrected chi connectivity index (χ2v) is 5.11. The Kier molecular flexibility index (Phi) is 4.55. The van der Waals surface area contributed by atoms with Gasteiger partial charge in [0.1, 0.15) is 0 Å². The minimum atomic E-state index is 1.20. The van der Waals surface area contributed by atoms with Gasteiger partial charge in [0, 0.05) is 13.1 Å². The van der Waals surface area contributed by atoms with Gasteiger partial charge in [0.2, 0.25) is 0 Å². The highest BCUT2D eigenvalue weighted by Gasteiger charge is 2.08. The van der Waals surface area contributed by atoms with Gasteiger partial charge in [-0.3, -0.25) is 0 Å². The molecule has 0 saturated carbocycles. The minimum Gasteiger partial charge on any atom is -0.247 e. The lowest BCUT2D eigenvalue weighted by Gasteiger charge is -2.23. The fraction of sp³-hybridized carbons (Fsp3) is 0.538. The molecule has 1 aliphatic heterocycles. The monoisotopic (exact) mass is 221 g/mol. The van der Waals surface area contributed by atoms with Gasteiger partial charge in [0.15, 0.2) is 0 Å². The highest BCUT2D eigenvalue weighted by atomic mass is 32.2. The lowest BCUT2D eigenvalue weighted by atomic mass is 10.1. The summed E-state index contributed by atoms with van der Waals surface area (Å²) in [4.78, 5) is 0. The molecule has 0 spiro atoms. The normalized spacial score (nSPS) is 23.3. The van der Waals surface area contributed by atoms with Gasteiger partial charge in [-0.15, -0.1) is 0 Å². The molecule has 15 heavy (non-hydrogen) atoms. The van der Waals surface area contributed by atoms with Crippen LogP contribution < -0.4 is 0 Å². The maximum atomic E-state index is 2.47. The Hall–Kier alpha value is -0.470. The van der Waals surface area contributed by atoms with Crippen LogP contribution in [0.4, 0.5) is 0 Å². The van der Waals surface area contributed by atoms with Gasteiger partial charge >= 0.3 is 0 Å². The fourth-order valence-corrected chi connectivity index (χ4v) is 2.81. The van der Waals surface area contributed by atoms with E-state index >= 15 is 0 Å². The average molecular weight is 221 g/mol. The SMILES string of the molecule is C1=CCCC(/C=C/SN2CCCCC2)=C1. The molecule has 0 unspecified atom stereocenters. The van der Waals surface area contributed by atoms with Crippen molar-refractivity contribution in [2.24, 2.45) is 0 Å². The zero-order valence-electron chi connectivity index (χ0n) is 9.19. The van der Waals surface area contributed by atoms with E-state index in [-0.39, 0.29) is 0 Å². The number of hydrogen-bond acceptors (Lipinski definition) is 2. The summed E-state index contributed by atoms with van der Waals surface area (Å²) in [5, 5.41) is 2.25. The fourth-order valence-electron chi connectivity index (χ4n) is 1.93. The molecule has 0 radical (unpaired) electrons. The van der Waals surface area contributed by atoms with E-state index in [1.165, 1.54) is 50.8 Å². The first kappa shape index (κ1) is 11.0. The van der Waals surface area contributed by atoms with Gasteiger partial charge in [-0.25, -0.2) is 4.31 Å². The molecule has 0 amide bonds. The Morgan fingerprint density at radius 2 is 2.07 bits per heavy atom. The maximum Gasteiger partial charge on any atom is 0.00924 e. The van der Waals surface area contributed by atoms with Crippen molar-refractivity contribution < 1.29 is 0 Å². The molecule has 0 aromatic rings. The van der Waals surface area contributed by atoms with Crippen molar-refractivity contribution in [3.8, 4) is 0 Å². The molecule has 1 nitrogen and oxygen atoms in total. The lowest BCUT2D eigenvalue weighted by Crippen LogP contribution is -2.22. The smallest absolute Gasteiger partial charge is 0.00924 e. The summed E-state index contributed by atoms with van der Waals surface area (Å²) in [5.41, 5.74) is 1.46. The van der Waals surface area contributed by atoms with Crippen LogP contribution in [0.1, 0.15) is 32.1 Å². The van der Waals surface area contributed by atoms with Crippen molar-refractivity contribution >= 4 is 11.9 Å². The summed E-state index contributed by atoms with van der Waals surface area (Å²) in [6.07, 6.45) is 15.4. The number of nitrogens with zero attached hydrogens (tertiary/aromatic N) is 1. The molecule has 1 fully saturated rings. The number of piperidine rings is 1. The van der Waals surface area contributed by atoms with Crippen LogP contribution in [0, 0.1) is 0 Å². The molecule has 0 N–H and O–H groups in total. The summed E-state index contributed by atoms with van der Waals surface area (Å²) in [6, 6.07) is 0. The van der Waals surface area contributed by atoms with Crippen molar-refractivity contribution in [2.45, 2.75) is 32.1 Å². The molecule has 2 aliphatic rings. The summed E-state index contributed by atoms with van der Waals surface area (Å²) >= 11 is 1.88. The third-order valence-corrected chi connectivity index (χ3v) is 3.77. The second kappa shape index (κ2) is 6.19. The van der Waals surface area contributed by atoms with Gasteiger partial charge in [0.05, 0.1) is 0 Å². The molecular weight excluding hydrogens is 202 g/mol. The van der Waals surface area contributed by atoms with Crippen molar-refractivity contribution in [3.05, 3.63) is 35.3 Å². The highest BCUT2D eigenvalue weighted by molar-refractivity contribution is 7.99. The van der Waals surface area contributed by atoms with Gasteiger partial charge in [-0.05, 0) is 36.7 Å². The zero-order valence-corrected chi connectivity index (χ0v) is 10.0. The van der Waals surface area contributed by atoms with Crippen LogP contribution in [-0.2, 0) is 0 Å². The Morgan fingerprint density at radius 3 is 2.80 bits per heavy atom. The highest BCUT2D eigenvalue weighted by Crippen LogP contribution is 2.20. The average Bonchev–Trinajstić information content (AvgIpc) is 2.32. The summed E-state index contributed by atoms with van der Waals surface area (Å²) in [6.45, 7) is 2.52. The molecule has 0 bridgehead atoms. The van der Waals surface area contributed by atoms with Crippen LogP contribution in [0.15, 0.2) is 35.3 Å². The first-order valence-electron chi connectivity index (χ1n) is 5.89. The molecule has 0 aromatic carbocycles. The second-order valence-electron chi connectivity index (χ2n) is 4.11. The molecule has 0 atom stereocenters. The van der Waals surface area contributed by atoms with Crippen LogP contribution >= 0.6 is 11.9 Å². The summed E-state index contributed by atoms with van der Waals surface area (Å²) in [7, 11) is 0. The van der Waals surface area contributed by atoms with Crippen molar-refractivity contribution in [3.63, 3.8) is 0 Å². The van der Waals surface area contributed by atoms with Crippen LogP contribution in [0.25, 0.3) is 0 Å². The van der Waals surface area contributed by atoms with Gasteiger partial charge in [-0.2, -0.15) is 0 Å². The Bertz CT molecular complexity index is 272. The number of hydrogen-bond donors (Lipinski definition) is 0. The van der Waals surface area contributed by atoms with E-state index in [0.717, 1.165) is 0 Å². The van der Waals surface area contributed by atoms with Gasteiger partial charge in [0.25, 0.3) is 0 Å². The number of rotatable bonds is 3. The molecule has 2 heteroatoms. The topological polar surface area (TPSA) is 3.24 Å². The molecule has 0 aromatic heterocycles. The Labute approximate surface area is 97.1 Å². The third kappa shape index (κ3) is 3.88. The molecule has 1 aliphatic carbocycles. The van der Waals surface area contributed by atoms with Gasteiger partial charge in [-0.1, -0.05) is 42.7 Å². The van der Waals surface area contributed by atoms with E-state index in [1.807, 2.05) is 11.9 Å². The van der Waals surface area contributed by atoms with Crippen molar-refractivity contribution in [2.75, 3.05) is 13.1 Å². The van der Waals surface area contributed by atoms with E-state index in [1.54, 1.807) is 0 Å². The largest absolute Gasteiger partial charge is 0.247 e. The molecule has 82 valence electrons. The molecule has 1 saturated heterocycles. The quantitative estimate of drug-likeness (QED) is 0.665. The van der Waals surface area contributed by atoms with E-state index in [2.05, 4.69) is 34.0 Å². The van der Waals surface area contributed by atoms with E-state index < -0.39 is 0 Å². The van der Waals surface area contributed by atoms with Crippen LogP contribution in [0.3, 0.4) is 0 Å². The number of allylic oxidation sites excluding steroid dienone is 5. The summed E-state index contributed by atoms with van der Waals surface area (Å²) < 4.78 is 2.47. The van der Waals surface area contributed by atoms with Crippen molar-refractivity contribution in [1.82, 2.24) is 4.31 Å². The Morgan fingerprint density at radius 1 is 1.20 bits per heavy atom. The first-order chi connectivity index (χ1) is 7.45. The Balaban J connectivity index is 1.74. The minimum absolute atomic E-state index is 1.20. The first-order valence-corrected chi connectivity index (χ1v) is 6.73. The molecular formula is C13H19NS.